The normalized spacial score (nSPS) is 11.3. The van der Waals surface area contributed by atoms with Crippen LogP contribution in [0.25, 0.3) is 15.4 Å². The van der Waals surface area contributed by atoms with Crippen molar-refractivity contribution in [2.45, 2.75) is 13.3 Å². The maximum absolute atomic E-state index is 5.78. The van der Waals surface area contributed by atoms with Crippen molar-refractivity contribution in [2.24, 2.45) is 0 Å². The van der Waals surface area contributed by atoms with Crippen LogP contribution in [0.5, 0.6) is 0 Å². The van der Waals surface area contributed by atoms with Gasteiger partial charge in [0.1, 0.15) is 11.2 Å². The Morgan fingerprint density at radius 2 is 2.25 bits per heavy atom. The van der Waals surface area contributed by atoms with Gasteiger partial charge in [0.05, 0.1) is 10.6 Å². The van der Waals surface area contributed by atoms with Gasteiger partial charge >= 0.3 is 0 Å². The summed E-state index contributed by atoms with van der Waals surface area (Å²) in [5.41, 5.74) is 8.35. The lowest BCUT2D eigenvalue weighted by Gasteiger charge is -1.93. The van der Waals surface area contributed by atoms with E-state index in [-0.39, 0.29) is 0 Å². The zero-order valence-corrected chi connectivity index (χ0v) is 10.4. The van der Waals surface area contributed by atoms with Gasteiger partial charge in [-0.15, -0.1) is 22.7 Å². The number of nitrogen functional groups attached to an aromatic ring is 1. The topological polar surface area (TPSA) is 43.3 Å². The number of nitrogens with zero attached hydrogens (tertiary/aromatic N) is 2. The van der Waals surface area contributed by atoms with Crippen molar-refractivity contribution >= 4 is 33.3 Å². The third-order valence-electron chi connectivity index (χ3n) is 2.61. The minimum atomic E-state index is 0.614. The molecule has 0 radical (unpaired) electrons. The van der Waals surface area contributed by atoms with Crippen molar-refractivity contribution in [1.82, 2.24) is 9.38 Å². The number of aromatic nitrogens is 2. The molecular formula is C11H11N3S2. The van der Waals surface area contributed by atoms with Crippen LogP contribution in [0.4, 0.5) is 5.82 Å². The SMILES string of the molecule is CCc1csc(-c2csc3c(N)ncn23)c1. The van der Waals surface area contributed by atoms with Gasteiger partial charge in [-0.2, -0.15) is 0 Å². The molecule has 0 spiro atoms. The van der Waals surface area contributed by atoms with Crippen molar-refractivity contribution in [1.29, 1.82) is 0 Å². The first-order valence-electron chi connectivity index (χ1n) is 5.07. The van der Waals surface area contributed by atoms with E-state index >= 15 is 0 Å². The summed E-state index contributed by atoms with van der Waals surface area (Å²) in [5, 5.41) is 4.35. The molecule has 5 heteroatoms. The quantitative estimate of drug-likeness (QED) is 0.757. The molecule has 0 aliphatic rings. The van der Waals surface area contributed by atoms with Crippen LogP contribution < -0.4 is 5.73 Å². The second kappa shape index (κ2) is 3.61. The molecule has 0 fully saturated rings. The van der Waals surface area contributed by atoms with Crippen LogP contribution >= 0.6 is 22.7 Å². The summed E-state index contributed by atoms with van der Waals surface area (Å²) in [6.45, 7) is 2.17. The van der Waals surface area contributed by atoms with Crippen LogP contribution in [0.2, 0.25) is 0 Å². The molecule has 3 aromatic heterocycles. The van der Waals surface area contributed by atoms with Crippen LogP contribution in [-0.2, 0) is 6.42 Å². The Hall–Kier alpha value is -1.33. The second-order valence-electron chi connectivity index (χ2n) is 3.60. The van der Waals surface area contributed by atoms with Gasteiger partial charge in [0.15, 0.2) is 5.82 Å². The molecule has 0 aromatic carbocycles. The Morgan fingerprint density at radius 1 is 1.38 bits per heavy atom. The van der Waals surface area contributed by atoms with Crippen molar-refractivity contribution in [3.63, 3.8) is 0 Å². The largest absolute Gasteiger partial charge is 0.381 e. The number of imidazole rings is 1. The number of fused-ring (bicyclic) bond motifs is 1. The number of thiophene rings is 1. The first-order chi connectivity index (χ1) is 7.79. The summed E-state index contributed by atoms with van der Waals surface area (Å²) in [7, 11) is 0. The minimum Gasteiger partial charge on any atom is -0.381 e. The number of rotatable bonds is 2. The van der Waals surface area contributed by atoms with E-state index in [0.717, 1.165) is 11.3 Å². The number of thiazole rings is 1. The Morgan fingerprint density at radius 3 is 3.00 bits per heavy atom. The van der Waals surface area contributed by atoms with E-state index in [9.17, 15) is 0 Å². The lowest BCUT2D eigenvalue weighted by atomic mass is 10.2. The average Bonchev–Trinajstić information content (AvgIpc) is 2.96. The van der Waals surface area contributed by atoms with E-state index in [1.54, 1.807) is 29.0 Å². The number of aryl methyl sites for hydroxylation is 1. The Labute approximate surface area is 101 Å². The molecule has 3 heterocycles. The van der Waals surface area contributed by atoms with Crippen LogP contribution in [0.3, 0.4) is 0 Å². The van der Waals surface area contributed by atoms with Gasteiger partial charge in [-0.25, -0.2) is 4.98 Å². The molecule has 0 atom stereocenters. The van der Waals surface area contributed by atoms with Crippen LogP contribution in [0.1, 0.15) is 12.5 Å². The second-order valence-corrected chi connectivity index (χ2v) is 5.37. The van der Waals surface area contributed by atoms with Crippen LogP contribution in [-0.4, -0.2) is 9.38 Å². The highest BCUT2D eigenvalue weighted by Gasteiger charge is 2.10. The standard InChI is InChI=1S/C11H11N3S2/c1-2-7-3-9(15-4-7)8-5-16-11-10(12)13-6-14(8)11/h3-6H,2,12H2,1H3. The van der Waals surface area contributed by atoms with E-state index in [4.69, 9.17) is 5.73 Å². The van der Waals surface area contributed by atoms with E-state index in [0.29, 0.717) is 5.82 Å². The zero-order chi connectivity index (χ0) is 11.1. The zero-order valence-electron chi connectivity index (χ0n) is 8.80. The fourth-order valence-corrected chi connectivity index (χ4v) is 3.66. The number of hydrogen-bond acceptors (Lipinski definition) is 4. The maximum Gasteiger partial charge on any atom is 0.160 e. The monoisotopic (exact) mass is 249 g/mol. The first kappa shape index (κ1) is 9.86. The van der Waals surface area contributed by atoms with E-state index in [1.807, 2.05) is 0 Å². The van der Waals surface area contributed by atoms with Gasteiger partial charge in [-0.3, -0.25) is 4.40 Å². The van der Waals surface area contributed by atoms with E-state index < -0.39 is 0 Å². The molecule has 3 aromatic rings. The van der Waals surface area contributed by atoms with E-state index in [1.165, 1.54) is 16.1 Å². The number of anilines is 1. The van der Waals surface area contributed by atoms with Gasteiger partial charge in [0, 0.05) is 5.38 Å². The molecule has 0 saturated carbocycles. The molecular weight excluding hydrogens is 238 g/mol. The lowest BCUT2D eigenvalue weighted by molar-refractivity contribution is 1.15. The summed E-state index contributed by atoms with van der Waals surface area (Å²) in [5.74, 6) is 0.614. The van der Waals surface area contributed by atoms with Crippen molar-refractivity contribution in [3.8, 4) is 10.6 Å². The predicted molar refractivity (Wildman–Crippen MR) is 70.2 cm³/mol. The number of nitrogens with two attached hydrogens (primary N) is 1. The van der Waals surface area contributed by atoms with Gasteiger partial charge in [-0.05, 0) is 23.4 Å². The molecule has 0 saturated heterocycles. The summed E-state index contributed by atoms with van der Waals surface area (Å²) >= 11 is 3.41. The summed E-state index contributed by atoms with van der Waals surface area (Å²) in [6.07, 6.45) is 2.87. The highest BCUT2D eigenvalue weighted by atomic mass is 32.1. The molecule has 82 valence electrons. The molecule has 0 aliphatic heterocycles. The maximum atomic E-state index is 5.78. The molecule has 3 rings (SSSR count). The molecule has 0 aliphatic carbocycles. The molecule has 0 amide bonds. The molecule has 3 nitrogen and oxygen atoms in total. The van der Waals surface area contributed by atoms with Gasteiger partial charge in [-0.1, -0.05) is 6.92 Å². The number of hydrogen-bond donors (Lipinski definition) is 1. The first-order valence-corrected chi connectivity index (χ1v) is 6.83. The summed E-state index contributed by atoms with van der Waals surface area (Å²) in [4.78, 5) is 6.43. The fourth-order valence-electron chi connectivity index (χ4n) is 1.68. The van der Waals surface area contributed by atoms with Crippen molar-refractivity contribution in [2.75, 3.05) is 5.73 Å². The van der Waals surface area contributed by atoms with Crippen LogP contribution in [0, 0.1) is 0 Å². The highest BCUT2D eigenvalue weighted by molar-refractivity contribution is 7.17. The molecule has 0 unspecified atom stereocenters. The van der Waals surface area contributed by atoms with Crippen LogP contribution in [0.15, 0.2) is 23.2 Å². The predicted octanol–water partition coefficient (Wildman–Crippen LogP) is 3.27. The Kier molecular flexibility index (Phi) is 2.22. The van der Waals surface area contributed by atoms with Crippen molar-refractivity contribution in [3.05, 3.63) is 28.7 Å². The fraction of sp³-hybridized carbons (Fsp3) is 0.182. The molecule has 0 bridgehead atoms. The van der Waals surface area contributed by atoms with Crippen molar-refractivity contribution < 1.29 is 0 Å². The Balaban J connectivity index is 2.18. The molecule has 16 heavy (non-hydrogen) atoms. The third-order valence-corrected chi connectivity index (χ3v) is 4.58. The highest BCUT2D eigenvalue weighted by Crippen LogP contribution is 2.32. The van der Waals surface area contributed by atoms with Gasteiger partial charge in [0.2, 0.25) is 0 Å². The smallest absolute Gasteiger partial charge is 0.160 e. The Bertz CT molecular complexity index is 633. The third kappa shape index (κ3) is 1.36. The molecule has 2 N–H and O–H groups in total. The summed E-state index contributed by atoms with van der Waals surface area (Å²) < 4.78 is 2.06. The lowest BCUT2D eigenvalue weighted by Crippen LogP contribution is -1.82. The van der Waals surface area contributed by atoms with Gasteiger partial charge < -0.3 is 5.73 Å². The average molecular weight is 249 g/mol. The van der Waals surface area contributed by atoms with E-state index in [2.05, 4.69) is 33.1 Å². The minimum absolute atomic E-state index is 0.614. The van der Waals surface area contributed by atoms with Gasteiger partial charge in [0.25, 0.3) is 0 Å². The summed E-state index contributed by atoms with van der Waals surface area (Å²) in [6, 6.07) is 2.24.